The number of rotatable bonds is 4. The van der Waals surface area contributed by atoms with Crippen molar-refractivity contribution in [3.63, 3.8) is 0 Å². The van der Waals surface area contributed by atoms with Crippen molar-refractivity contribution >= 4 is 0 Å². The Balaban J connectivity index is 1.97. The monoisotopic (exact) mass is 233 g/mol. The van der Waals surface area contributed by atoms with Gasteiger partial charge in [-0.05, 0) is 24.9 Å². The summed E-state index contributed by atoms with van der Waals surface area (Å²) in [6.07, 6.45) is 2.63. The van der Waals surface area contributed by atoms with Crippen molar-refractivity contribution in [3.05, 3.63) is 35.9 Å². The molecule has 1 aliphatic rings. The normalized spacial score (nSPS) is 26.7. The minimum Gasteiger partial charge on any atom is -0.377 e. The number of hydrogen-bond acceptors (Lipinski definition) is 2. The van der Waals surface area contributed by atoms with E-state index in [4.69, 9.17) is 4.74 Å². The Labute approximate surface area is 104 Å². The average molecular weight is 233 g/mol. The zero-order valence-electron chi connectivity index (χ0n) is 10.9. The Morgan fingerprint density at radius 3 is 2.82 bits per heavy atom. The Morgan fingerprint density at radius 2 is 2.12 bits per heavy atom. The molecule has 3 atom stereocenters. The predicted molar refractivity (Wildman–Crippen MR) is 71.3 cm³/mol. The lowest BCUT2D eigenvalue weighted by atomic mass is 9.89. The minimum atomic E-state index is 0.357. The molecule has 17 heavy (non-hydrogen) atoms. The van der Waals surface area contributed by atoms with Gasteiger partial charge in [0.1, 0.15) is 0 Å². The molecule has 0 aliphatic carbocycles. The molecule has 1 N–H and O–H groups in total. The molecule has 2 rings (SSSR count). The number of benzene rings is 1. The molecular formula is C15H23NO. The van der Waals surface area contributed by atoms with Crippen LogP contribution in [0.3, 0.4) is 0 Å². The van der Waals surface area contributed by atoms with Gasteiger partial charge in [0.05, 0.1) is 6.10 Å². The lowest BCUT2D eigenvalue weighted by Crippen LogP contribution is -2.40. The predicted octanol–water partition coefficient (Wildman–Crippen LogP) is 2.95. The highest BCUT2D eigenvalue weighted by Crippen LogP contribution is 2.27. The Hall–Kier alpha value is -0.860. The fourth-order valence-corrected chi connectivity index (χ4v) is 2.62. The van der Waals surface area contributed by atoms with E-state index in [-0.39, 0.29) is 0 Å². The SMILES string of the molecule is CCNC1CCOC(C(C)c2ccccc2)C1. The van der Waals surface area contributed by atoms with Gasteiger partial charge in [-0.25, -0.2) is 0 Å². The van der Waals surface area contributed by atoms with E-state index >= 15 is 0 Å². The molecule has 0 amide bonds. The van der Waals surface area contributed by atoms with Crippen molar-refractivity contribution in [2.24, 2.45) is 0 Å². The van der Waals surface area contributed by atoms with Gasteiger partial charge in [-0.2, -0.15) is 0 Å². The van der Waals surface area contributed by atoms with Gasteiger partial charge < -0.3 is 10.1 Å². The lowest BCUT2D eigenvalue weighted by molar-refractivity contribution is -0.0108. The smallest absolute Gasteiger partial charge is 0.0655 e. The highest BCUT2D eigenvalue weighted by Gasteiger charge is 2.27. The Morgan fingerprint density at radius 1 is 1.35 bits per heavy atom. The maximum atomic E-state index is 5.93. The minimum absolute atomic E-state index is 0.357. The highest BCUT2D eigenvalue weighted by atomic mass is 16.5. The van der Waals surface area contributed by atoms with Crippen LogP contribution in [0.2, 0.25) is 0 Å². The van der Waals surface area contributed by atoms with Crippen LogP contribution in [-0.4, -0.2) is 25.3 Å². The molecule has 0 spiro atoms. The van der Waals surface area contributed by atoms with E-state index in [0.29, 0.717) is 18.1 Å². The van der Waals surface area contributed by atoms with E-state index in [1.165, 1.54) is 5.56 Å². The van der Waals surface area contributed by atoms with Crippen LogP contribution in [0.5, 0.6) is 0 Å². The van der Waals surface area contributed by atoms with Crippen LogP contribution in [0.4, 0.5) is 0 Å². The Bertz CT molecular complexity index is 323. The Kier molecular flexibility index (Phi) is 4.57. The fourth-order valence-electron chi connectivity index (χ4n) is 2.62. The van der Waals surface area contributed by atoms with Gasteiger partial charge in [-0.3, -0.25) is 0 Å². The zero-order chi connectivity index (χ0) is 12.1. The van der Waals surface area contributed by atoms with Gasteiger partial charge in [-0.15, -0.1) is 0 Å². The molecule has 0 aromatic heterocycles. The lowest BCUT2D eigenvalue weighted by Gasteiger charge is -2.33. The molecule has 94 valence electrons. The highest BCUT2D eigenvalue weighted by molar-refractivity contribution is 5.20. The average Bonchev–Trinajstić information content (AvgIpc) is 2.40. The second-order valence-electron chi connectivity index (χ2n) is 4.89. The van der Waals surface area contributed by atoms with Crippen molar-refractivity contribution in [1.29, 1.82) is 0 Å². The van der Waals surface area contributed by atoms with Crippen molar-refractivity contribution < 1.29 is 4.74 Å². The molecule has 0 radical (unpaired) electrons. The molecule has 1 heterocycles. The van der Waals surface area contributed by atoms with Gasteiger partial charge in [0, 0.05) is 18.6 Å². The van der Waals surface area contributed by atoms with Gasteiger partial charge in [0.2, 0.25) is 0 Å². The second-order valence-corrected chi connectivity index (χ2v) is 4.89. The van der Waals surface area contributed by atoms with Crippen molar-refractivity contribution in [2.75, 3.05) is 13.2 Å². The van der Waals surface area contributed by atoms with E-state index in [2.05, 4.69) is 49.5 Å². The summed E-state index contributed by atoms with van der Waals surface area (Å²) in [7, 11) is 0. The third kappa shape index (κ3) is 3.30. The van der Waals surface area contributed by atoms with E-state index in [1.54, 1.807) is 0 Å². The summed E-state index contributed by atoms with van der Waals surface area (Å²) in [5, 5.41) is 3.54. The van der Waals surface area contributed by atoms with E-state index in [9.17, 15) is 0 Å². The van der Waals surface area contributed by atoms with Gasteiger partial charge in [0.25, 0.3) is 0 Å². The number of ether oxygens (including phenoxy) is 1. The maximum absolute atomic E-state index is 5.93. The van der Waals surface area contributed by atoms with Crippen LogP contribution in [0, 0.1) is 0 Å². The van der Waals surface area contributed by atoms with Crippen LogP contribution in [0.15, 0.2) is 30.3 Å². The van der Waals surface area contributed by atoms with Crippen molar-refractivity contribution in [2.45, 2.75) is 44.8 Å². The van der Waals surface area contributed by atoms with Gasteiger partial charge in [0.15, 0.2) is 0 Å². The molecule has 1 aromatic carbocycles. The molecule has 3 unspecified atom stereocenters. The van der Waals surface area contributed by atoms with Crippen LogP contribution < -0.4 is 5.32 Å². The number of hydrogen-bond donors (Lipinski definition) is 1. The first-order valence-corrected chi connectivity index (χ1v) is 6.71. The van der Waals surface area contributed by atoms with E-state index in [0.717, 1.165) is 26.0 Å². The summed E-state index contributed by atoms with van der Waals surface area (Å²) >= 11 is 0. The standard InChI is InChI=1S/C15H23NO/c1-3-16-14-9-10-17-15(11-14)12(2)13-7-5-4-6-8-13/h4-8,12,14-16H,3,9-11H2,1-2H3. The summed E-state index contributed by atoms with van der Waals surface area (Å²) < 4.78 is 5.93. The van der Waals surface area contributed by atoms with Crippen LogP contribution in [0.25, 0.3) is 0 Å². The molecule has 0 bridgehead atoms. The molecule has 2 nitrogen and oxygen atoms in total. The molecule has 1 aliphatic heterocycles. The third-order valence-corrected chi connectivity index (χ3v) is 3.69. The largest absolute Gasteiger partial charge is 0.377 e. The molecule has 1 fully saturated rings. The maximum Gasteiger partial charge on any atom is 0.0655 e. The topological polar surface area (TPSA) is 21.3 Å². The van der Waals surface area contributed by atoms with E-state index < -0.39 is 0 Å². The zero-order valence-corrected chi connectivity index (χ0v) is 10.9. The van der Waals surface area contributed by atoms with Crippen LogP contribution >= 0.6 is 0 Å². The van der Waals surface area contributed by atoms with E-state index in [1.807, 2.05) is 0 Å². The third-order valence-electron chi connectivity index (χ3n) is 3.69. The summed E-state index contributed by atoms with van der Waals surface area (Å²) in [6, 6.07) is 11.3. The molecule has 1 saturated heterocycles. The number of nitrogens with one attached hydrogen (secondary N) is 1. The molecule has 0 saturated carbocycles. The van der Waals surface area contributed by atoms with Crippen molar-refractivity contribution in [1.82, 2.24) is 5.32 Å². The molecule has 1 aromatic rings. The summed E-state index contributed by atoms with van der Waals surface area (Å²) in [6.45, 7) is 6.38. The quantitative estimate of drug-likeness (QED) is 0.863. The summed E-state index contributed by atoms with van der Waals surface area (Å²) in [5.74, 6) is 0.484. The fraction of sp³-hybridized carbons (Fsp3) is 0.600. The molecular weight excluding hydrogens is 210 g/mol. The summed E-state index contributed by atoms with van der Waals surface area (Å²) in [5.41, 5.74) is 1.38. The first-order valence-electron chi connectivity index (χ1n) is 6.71. The van der Waals surface area contributed by atoms with Crippen LogP contribution in [-0.2, 0) is 4.74 Å². The molecule has 2 heteroatoms. The van der Waals surface area contributed by atoms with Gasteiger partial charge in [-0.1, -0.05) is 44.2 Å². The van der Waals surface area contributed by atoms with Gasteiger partial charge >= 0.3 is 0 Å². The van der Waals surface area contributed by atoms with Crippen LogP contribution in [0.1, 0.15) is 38.2 Å². The van der Waals surface area contributed by atoms with Crippen molar-refractivity contribution in [3.8, 4) is 0 Å². The first kappa shape index (κ1) is 12.6. The summed E-state index contributed by atoms with van der Waals surface area (Å²) in [4.78, 5) is 0. The first-order chi connectivity index (χ1) is 8.31. The second kappa shape index (κ2) is 6.18.